The zero-order valence-electron chi connectivity index (χ0n) is 18.2. The Hall–Kier alpha value is -2.10. The second-order valence-corrected chi connectivity index (χ2v) is 9.67. The molecule has 2 aliphatic rings. The highest BCUT2D eigenvalue weighted by Crippen LogP contribution is 2.49. The Morgan fingerprint density at radius 1 is 1.16 bits per heavy atom. The topological polar surface area (TPSA) is 102 Å². The van der Waals surface area contributed by atoms with Gasteiger partial charge in [0.2, 0.25) is 17.2 Å². The number of benzene rings is 2. The Morgan fingerprint density at radius 2 is 1.84 bits per heavy atom. The minimum Gasteiger partial charge on any atom is -0.392 e. The average Bonchev–Trinajstić information content (AvgIpc) is 3.50. The van der Waals surface area contributed by atoms with Crippen molar-refractivity contribution in [2.75, 3.05) is 19.6 Å². The molecule has 0 radical (unpaired) electrons. The Kier molecular flexibility index (Phi) is 7.07. The number of hydrogen-bond donors (Lipinski definition) is 4. The second-order valence-electron chi connectivity index (χ2n) is 8.93. The van der Waals surface area contributed by atoms with E-state index in [1.54, 1.807) is 0 Å². The van der Waals surface area contributed by atoms with Crippen LogP contribution in [0.15, 0.2) is 54.6 Å². The van der Waals surface area contributed by atoms with E-state index in [0.717, 1.165) is 42.5 Å². The Bertz CT molecular complexity index is 949. The molecule has 1 aliphatic carbocycles. The standard InChI is InChI=1S/C24H31N3O4S/c1-17(26-32(30)31)18-7-9-20(10-8-18)24(12-13-24)23(29)25-22(19-5-3-2-4-6-19)16-27-14-11-21(28)15-27/h2-10,17,21-22,26,28H,11-16H2,1H3,(H,25,29)(H,30,31). The molecule has 0 bridgehead atoms. The number of likely N-dealkylation sites (tertiary alicyclic amines) is 1. The lowest BCUT2D eigenvalue weighted by Crippen LogP contribution is -2.42. The van der Waals surface area contributed by atoms with Crippen LogP contribution in [0.4, 0.5) is 0 Å². The van der Waals surface area contributed by atoms with Crippen LogP contribution in [0.2, 0.25) is 0 Å². The van der Waals surface area contributed by atoms with E-state index in [9.17, 15) is 14.1 Å². The first-order chi connectivity index (χ1) is 15.4. The molecule has 1 amide bonds. The van der Waals surface area contributed by atoms with Gasteiger partial charge >= 0.3 is 0 Å². The quantitative estimate of drug-likeness (QED) is 0.433. The third-order valence-electron chi connectivity index (χ3n) is 6.62. The van der Waals surface area contributed by atoms with Crippen molar-refractivity contribution in [2.24, 2.45) is 0 Å². The molecule has 7 nitrogen and oxygen atoms in total. The Morgan fingerprint density at radius 3 is 2.41 bits per heavy atom. The maximum Gasteiger partial charge on any atom is 0.232 e. The molecule has 0 spiro atoms. The van der Waals surface area contributed by atoms with Crippen molar-refractivity contribution >= 4 is 17.2 Å². The molecule has 1 saturated heterocycles. The van der Waals surface area contributed by atoms with Gasteiger partial charge in [-0.05, 0) is 42.9 Å². The molecular weight excluding hydrogens is 426 g/mol. The van der Waals surface area contributed by atoms with Crippen LogP contribution in [0.5, 0.6) is 0 Å². The molecule has 4 unspecified atom stereocenters. The zero-order valence-corrected chi connectivity index (χ0v) is 19.1. The molecule has 1 heterocycles. The lowest BCUT2D eigenvalue weighted by atomic mass is 9.92. The van der Waals surface area contributed by atoms with Gasteiger partial charge in [0.05, 0.1) is 17.6 Å². The fraction of sp³-hybridized carbons (Fsp3) is 0.458. The van der Waals surface area contributed by atoms with Crippen molar-refractivity contribution in [1.82, 2.24) is 14.9 Å². The van der Waals surface area contributed by atoms with E-state index in [4.69, 9.17) is 4.55 Å². The number of amides is 1. The Balaban J connectivity index is 1.48. The molecule has 4 N–H and O–H groups in total. The predicted octanol–water partition coefficient (Wildman–Crippen LogP) is 2.43. The number of nitrogens with zero attached hydrogens (tertiary/aromatic N) is 1. The van der Waals surface area contributed by atoms with E-state index in [0.29, 0.717) is 13.1 Å². The van der Waals surface area contributed by atoms with Gasteiger partial charge in [-0.1, -0.05) is 54.6 Å². The highest BCUT2D eigenvalue weighted by atomic mass is 32.2. The summed E-state index contributed by atoms with van der Waals surface area (Å²) >= 11 is -2.08. The van der Waals surface area contributed by atoms with Gasteiger partial charge < -0.3 is 10.4 Å². The predicted molar refractivity (Wildman–Crippen MR) is 124 cm³/mol. The molecule has 32 heavy (non-hydrogen) atoms. The minimum absolute atomic E-state index is 0.0292. The number of carbonyl (C=O) groups excluding carboxylic acids is 1. The molecule has 2 fully saturated rings. The zero-order chi connectivity index (χ0) is 22.7. The van der Waals surface area contributed by atoms with E-state index in [-0.39, 0.29) is 24.1 Å². The fourth-order valence-corrected chi connectivity index (χ4v) is 4.97. The number of aliphatic hydroxyl groups is 1. The summed E-state index contributed by atoms with van der Waals surface area (Å²) in [5.74, 6) is 0.0292. The van der Waals surface area contributed by atoms with E-state index in [1.807, 2.05) is 61.5 Å². The lowest BCUT2D eigenvalue weighted by molar-refractivity contribution is -0.124. The van der Waals surface area contributed by atoms with Crippen LogP contribution in [0, 0.1) is 0 Å². The summed E-state index contributed by atoms with van der Waals surface area (Å²) in [5, 5.41) is 13.2. The summed E-state index contributed by atoms with van der Waals surface area (Å²) in [6, 6.07) is 17.3. The lowest BCUT2D eigenvalue weighted by Gasteiger charge is -2.27. The number of β-amino-alcohol motifs (C(OH)–C–C–N with tert-alkyl or cyclic N) is 1. The monoisotopic (exact) mass is 457 g/mol. The molecule has 172 valence electrons. The molecule has 1 saturated carbocycles. The molecule has 1 aliphatic heterocycles. The van der Waals surface area contributed by atoms with E-state index in [1.165, 1.54) is 0 Å². The van der Waals surface area contributed by atoms with Gasteiger partial charge in [0.25, 0.3) is 0 Å². The highest BCUT2D eigenvalue weighted by Gasteiger charge is 2.51. The summed E-state index contributed by atoms with van der Waals surface area (Å²) in [6.07, 6.45) is 2.08. The largest absolute Gasteiger partial charge is 0.392 e. The van der Waals surface area contributed by atoms with Crippen LogP contribution in [0.3, 0.4) is 0 Å². The van der Waals surface area contributed by atoms with Crippen LogP contribution in [0.1, 0.15) is 55.0 Å². The van der Waals surface area contributed by atoms with Crippen molar-refractivity contribution in [3.8, 4) is 0 Å². The third kappa shape index (κ3) is 5.27. The molecule has 4 atom stereocenters. The van der Waals surface area contributed by atoms with Crippen molar-refractivity contribution in [2.45, 2.75) is 49.8 Å². The van der Waals surface area contributed by atoms with Crippen LogP contribution in [0.25, 0.3) is 0 Å². The number of nitrogens with one attached hydrogen (secondary N) is 2. The maximum atomic E-state index is 13.4. The summed E-state index contributed by atoms with van der Waals surface area (Å²) in [6.45, 7) is 3.96. The van der Waals surface area contributed by atoms with E-state index < -0.39 is 16.7 Å². The van der Waals surface area contributed by atoms with Gasteiger partial charge in [-0.2, -0.15) is 0 Å². The Labute approximate surface area is 191 Å². The first-order valence-corrected chi connectivity index (χ1v) is 12.2. The van der Waals surface area contributed by atoms with E-state index >= 15 is 0 Å². The number of carbonyl (C=O) groups is 1. The van der Waals surface area contributed by atoms with Crippen LogP contribution in [-0.2, 0) is 21.5 Å². The third-order valence-corrected chi connectivity index (χ3v) is 7.18. The van der Waals surface area contributed by atoms with Gasteiger partial charge in [-0.25, -0.2) is 8.93 Å². The molecule has 8 heteroatoms. The molecule has 0 aromatic heterocycles. The number of rotatable bonds is 9. The van der Waals surface area contributed by atoms with Crippen LogP contribution < -0.4 is 10.0 Å². The average molecular weight is 458 g/mol. The van der Waals surface area contributed by atoms with Crippen molar-refractivity contribution in [1.29, 1.82) is 0 Å². The van der Waals surface area contributed by atoms with Gasteiger partial charge in [0.1, 0.15) is 0 Å². The first kappa shape index (κ1) is 23.1. The molecular formula is C24H31N3O4S. The van der Waals surface area contributed by atoms with Crippen molar-refractivity contribution < 1.29 is 18.7 Å². The van der Waals surface area contributed by atoms with Crippen molar-refractivity contribution in [3.63, 3.8) is 0 Å². The normalized spacial score (nSPS) is 22.8. The SMILES string of the molecule is CC(NS(=O)O)c1ccc(C2(C(=O)NC(CN3CCC(O)C3)c3ccccc3)CC2)cc1. The fourth-order valence-electron chi connectivity index (χ4n) is 4.53. The number of hydrogen-bond acceptors (Lipinski definition) is 4. The van der Waals surface area contributed by atoms with Crippen molar-refractivity contribution in [3.05, 3.63) is 71.3 Å². The second kappa shape index (κ2) is 9.80. The van der Waals surface area contributed by atoms with Gasteiger partial charge in [-0.15, -0.1) is 0 Å². The maximum absolute atomic E-state index is 13.4. The number of aliphatic hydroxyl groups excluding tert-OH is 1. The van der Waals surface area contributed by atoms with Gasteiger partial charge in [0, 0.05) is 25.7 Å². The summed E-state index contributed by atoms with van der Waals surface area (Å²) in [4.78, 5) is 15.7. The molecule has 2 aromatic carbocycles. The minimum atomic E-state index is -2.08. The smallest absolute Gasteiger partial charge is 0.232 e. The van der Waals surface area contributed by atoms with Crippen LogP contribution in [-0.4, -0.2) is 50.4 Å². The first-order valence-electron chi connectivity index (χ1n) is 11.1. The summed E-state index contributed by atoms with van der Waals surface area (Å²) < 4.78 is 22.6. The molecule has 4 rings (SSSR count). The van der Waals surface area contributed by atoms with Gasteiger partial charge in [0.15, 0.2) is 0 Å². The van der Waals surface area contributed by atoms with Crippen LogP contribution >= 0.6 is 0 Å². The highest BCUT2D eigenvalue weighted by molar-refractivity contribution is 7.77. The summed E-state index contributed by atoms with van der Waals surface area (Å²) in [5.41, 5.74) is 2.40. The molecule has 2 aromatic rings. The van der Waals surface area contributed by atoms with Gasteiger partial charge in [-0.3, -0.25) is 14.2 Å². The summed E-state index contributed by atoms with van der Waals surface area (Å²) in [7, 11) is 0. The van der Waals surface area contributed by atoms with E-state index in [2.05, 4.69) is 14.9 Å².